The molecule has 8 heteroatoms. The van der Waals surface area contributed by atoms with Crippen molar-refractivity contribution in [2.24, 2.45) is 0 Å². The Morgan fingerprint density at radius 1 is 0.882 bits per heavy atom. The molecule has 17 heavy (non-hydrogen) atoms. The van der Waals surface area contributed by atoms with Crippen LogP contribution in [0.2, 0.25) is 0 Å². The topological polar surface area (TPSA) is 141 Å². The van der Waals surface area contributed by atoms with E-state index in [1.54, 1.807) is 0 Å². The summed E-state index contributed by atoms with van der Waals surface area (Å²) in [6, 6.07) is -1.54. The smallest absolute Gasteiger partial charge is 0.330 e. The van der Waals surface area contributed by atoms with Crippen LogP contribution in [0.1, 0.15) is 0 Å². The van der Waals surface area contributed by atoms with Gasteiger partial charge in [-0.2, -0.15) is 0 Å². The minimum absolute atomic E-state index is 0.523. The lowest BCUT2D eigenvalue weighted by Gasteiger charge is -2.07. The Balaban J connectivity index is 4.56. The van der Waals surface area contributed by atoms with Gasteiger partial charge in [0.1, 0.15) is 6.04 Å². The lowest BCUT2D eigenvalue weighted by atomic mass is 10.2. The molecule has 1 amide bonds. The van der Waals surface area contributed by atoms with E-state index in [9.17, 15) is 19.2 Å². The van der Waals surface area contributed by atoms with Gasteiger partial charge in [0.2, 0.25) is 5.91 Å². The third-order valence-corrected chi connectivity index (χ3v) is 1.37. The van der Waals surface area contributed by atoms with E-state index < -0.39 is 29.9 Å². The lowest BCUT2D eigenvalue weighted by Crippen LogP contribution is -2.38. The Kier molecular flexibility index (Phi) is 5.72. The summed E-state index contributed by atoms with van der Waals surface area (Å²) in [6.07, 6.45) is 2.44. The van der Waals surface area contributed by atoms with E-state index >= 15 is 0 Å². The number of hydrogen-bond acceptors (Lipinski definition) is 4. The second-order valence-corrected chi connectivity index (χ2v) is 2.69. The molecule has 0 aromatic carbocycles. The number of carbonyl (C=O) groups is 4. The number of carboxylic acid groups (broad SMARTS) is 3. The van der Waals surface area contributed by atoms with Gasteiger partial charge in [-0.15, -0.1) is 0 Å². The van der Waals surface area contributed by atoms with Crippen molar-refractivity contribution < 1.29 is 34.5 Å². The van der Waals surface area contributed by atoms with E-state index in [0.717, 1.165) is 6.08 Å². The molecular weight excluding hydrogens is 234 g/mol. The van der Waals surface area contributed by atoms with Crippen molar-refractivity contribution in [2.75, 3.05) is 0 Å². The first-order chi connectivity index (χ1) is 7.82. The first-order valence-electron chi connectivity index (χ1n) is 4.18. The van der Waals surface area contributed by atoms with Gasteiger partial charge in [0.05, 0.1) is 0 Å². The van der Waals surface area contributed by atoms with E-state index in [4.69, 9.17) is 15.3 Å². The molecule has 92 valence electrons. The van der Waals surface area contributed by atoms with Crippen LogP contribution >= 0.6 is 0 Å². The van der Waals surface area contributed by atoms with E-state index in [0.29, 0.717) is 18.2 Å². The van der Waals surface area contributed by atoms with Crippen molar-refractivity contribution in [1.29, 1.82) is 0 Å². The quantitative estimate of drug-likeness (QED) is 0.431. The summed E-state index contributed by atoms with van der Waals surface area (Å²) >= 11 is 0. The summed E-state index contributed by atoms with van der Waals surface area (Å²) in [6.45, 7) is 0. The number of carboxylic acids is 3. The number of carbonyl (C=O) groups excluding carboxylic acids is 1. The molecule has 0 saturated heterocycles. The number of aliphatic carboxylic acids is 3. The third-order valence-electron chi connectivity index (χ3n) is 1.37. The highest BCUT2D eigenvalue weighted by Gasteiger charge is 2.15. The Bertz CT molecular complexity index is 396. The maximum atomic E-state index is 11.0. The van der Waals surface area contributed by atoms with E-state index in [-0.39, 0.29) is 0 Å². The second-order valence-electron chi connectivity index (χ2n) is 2.69. The summed E-state index contributed by atoms with van der Waals surface area (Å²) in [7, 11) is 0. The van der Waals surface area contributed by atoms with Crippen molar-refractivity contribution in [2.45, 2.75) is 6.04 Å². The zero-order valence-electron chi connectivity index (χ0n) is 8.36. The first kappa shape index (κ1) is 14.4. The summed E-state index contributed by atoms with van der Waals surface area (Å²) < 4.78 is 0. The van der Waals surface area contributed by atoms with Crippen molar-refractivity contribution >= 4 is 23.8 Å². The highest BCUT2D eigenvalue weighted by Crippen LogP contribution is 1.89. The van der Waals surface area contributed by atoms with Crippen LogP contribution in [0.4, 0.5) is 0 Å². The maximum Gasteiger partial charge on any atom is 0.330 e. The monoisotopic (exact) mass is 243 g/mol. The van der Waals surface area contributed by atoms with Crippen LogP contribution < -0.4 is 5.32 Å². The van der Waals surface area contributed by atoms with Crippen molar-refractivity contribution in [3.8, 4) is 0 Å². The highest BCUT2D eigenvalue weighted by atomic mass is 16.4. The Morgan fingerprint density at radius 2 is 1.41 bits per heavy atom. The zero-order chi connectivity index (χ0) is 13.4. The molecule has 1 unspecified atom stereocenters. The van der Waals surface area contributed by atoms with Gasteiger partial charge < -0.3 is 20.6 Å². The summed E-state index contributed by atoms with van der Waals surface area (Å²) in [5.74, 6) is -5.17. The van der Waals surface area contributed by atoms with Crippen molar-refractivity contribution in [3.05, 3.63) is 24.3 Å². The predicted octanol–water partition coefficient (Wildman–Crippen LogP) is -1.16. The molecule has 0 aliphatic carbocycles. The Morgan fingerprint density at radius 3 is 1.82 bits per heavy atom. The molecule has 0 aromatic rings. The summed E-state index contributed by atoms with van der Waals surface area (Å²) in [5.41, 5.74) is 0. The fourth-order valence-corrected chi connectivity index (χ4v) is 0.719. The third kappa shape index (κ3) is 7.31. The van der Waals surface area contributed by atoms with Gasteiger partial charge in [0.25, 0.3) is 0 Å². The number of amides is 1. The Labute approximate surface area is 94.9 Å². The zero-order valence-corrected chi connectivity index (χ0v) is 8.36. The maximum absolute atomic E-state index is 11.0. The molecule has 4 N–H and O–H groups in total. The molecule has 0 radical (unpaired) electrons. The molecule has 0 rings (SSSR count). The van der Waals surface area contributed by atoms with Crippen LogP contribution in [0, 0.1) is 0 Å². The molecule has 0 aliphatic rings. The fourth-order valence-electron chi connectivity index (χ4n) is 0.719. The van der Waals surface area contributed by atoms with Crippen LogP contribution in [0.25, 0.3) is 0 Å². The van der Waals surface area contributed by atoms with Gasteiger partial charge in [0, 0.05) is 18.2 Å². The average Bonchev–Trinajstić information content (AvgIpc) is 2.20. The van der Waals surface area contributed by atoms with Crippen molar-refractivity contribution in [3.63, 3.8) is 0 Å². The molecule has 0 bridgehead atoms. The molecule has 0 aliphatic heterocycles. The molecule has 0 spiro atoms. The second kappa shape index (κ2) is 6.77. The van der Waals surface area contributed by atoms with Crippen LogP contribution in [-0.4, -0.2) is 45.2 Å². The highest BCUT2D eigenvalue weighted by molar-refractivity contribution is 5.96. The minimum Gasteiger partial charge on any atom is -0.479 e. The molecule has 1 atom stereocenters. The summed E-state index contributed by atoms with van der Waals surface area (Å²) in [5, 5.41) is 27.0. The van der Waals surface area contributed by atoms with E-state index in [1.165, 1.54) is 0 Å². The number of nitrogens with one attached hydrogen (secondary N) is 1. The van der Waals surface area contributed by atoms with Gasteiger partial charge in [-0.25, -0.2) is 14.4 Å². The van der Waals surface area contributed by atoms with Crippen LogP contribution in [-0.2, 0) is 19.2 Å². The number of hydrogen-bond donors (Lipinski definition) is 4. The van der Waals surface area contributed by atoms with Gasteiger partial charge in [-0.05, 0) is 6.08 Å². The number of rotatable bonds is 6. The molecule has 0 aromatic heterocycles. The molecule has 8 nitrogen and oxygen atoms in total. The SMILES string of the molecule is O=C(O)C=CC(=O)NC(C=CC(=O)O)C(=O)O. The average molecular weight is 243 g/mol. The van der Waals surface area contributed by atoms with Crippen molar-refractivity contribution in [1.82, 2.24) is 5.32 Å². The summed E-state index contributed by atoms with van der Waals surface area (Å²) in [4.78, 5) is 41.8. The Hall–Kier alpha value is -2.64. The minimum atomic E-state index is -1.54. The van der Waals surface area contributed by atoms with Gasteiger partial charge >= 0.3 is 17.9 Å². The van der Waals surface area contributed by atoms with E-state index in [2.05, 4.69) is 0 Å². The largest absolute Gasteiger partial charge is 0.479 e. The molecule has 0 saturated carbocycles. The normalized spacial score (nSPS) is 12.5. The van der Waals surface area contributed by atoms with Gasteiger partial charge in [-0.3, -0.25) is 4.79 Å². The van der Waals surface area contributed by atoms with Crippen LogP contribution in [0.3, 0.4) is 0 Å². The first-order valence-corrected chi connectivity index (χ1v) is 4.18. The van der Waals surface area contributed by atoms with E-state index in [1.807, 2.05) is 5.32 Å². The molecular formula is C9H9NO7. The molecule has 0 heterocycles. The lowest BCUT2D eigenvalue weighted by molar-refractivity contribution is -0.139. The van der Waals surface area contributed by atoms with Crippen LogP contribution in [0.15, 0.2) is 24.3 Å². The van der Waals surface area contributed by atoms with Gasteiger partial charge in [0.15, 0.2) is 0 Å². The molecule has 0 fully saturated rings. The van der Waals surface area contributed by atoms with Gasteiger partial charge in [-0.1, -0.05) is 0 Å². The fraction of sp³-hybridized carbons (Fsp3) is 0.111. The predicted molar refractivity (Wildman–Crippen MR) is 53.1 cm³/mol. The standard InChI is InChI=1S/C9H9NO7/c11-6(2-4-8(14)15)10-5(9(16)17)1-3-7(12)13/h1-5H,(H,10,11)(H,12,13)(H,14,15)(H,16,17). The van der Waals surface area contributed by atoms with Crippen LogP contribution in [0.5, 0.6) is 0 Å².